The lowest BCUT2D eigenvalue weighted by Crippen LogP contribution is -2.09. The third-order valence-electron chi connectivity index (χ3n) is 3.97. The van der Waals surface area contributed by atoms with Gasteiger partial charge in [-0.05, 0) is 50.2 Å². The molecule has 0 saturated carbocycles. The highest BCUT2D eigenvalue weighted by atomic mass is 35.5. The maximum absolute atomic E-state index is 11.4. The van der Waals surface area contributed by atoms with Gasteiger partial charge in [0.2, 0.25) is 0 Å². The predicted molar refractivity (Wildman–Crippen MR) is 108 cm³/mol. The van der Waals surface area contributed by atoms with Gasteiger partial charge in [0.15, 0.2) is 0 Å². The first kappa shape index (κ1) is 18.4. The SMILES string of the molecule is C=C(C)Nc1cccc2c1c(Sc1ccc(Cl)cc1)c(C)n2CC(=O)O. The number of halogens is 1. The lowest BCUT2D eigenvalue weighted by atomic mass is 10.2. The highest BCUT2D eigenvalue weighted by molar-refractivity contribution is 7.99. The number of carboxylic acids is 1. The summed E-state index contributed by atoms with van der Waals surface area (Å²) >= 11 is 7.59. The van der Waals surface area contributed by atoms with Crippen molar-refractivity contribution >= 4 is 45.9 Å². The van der Waals surface area contributed by atoms with E-state index in [2.05, 4.69) is 11.9 Å². The summed E-state index contributed by atoms with van der Waals surface area (Å²) in [6.45, 7) is 7.69. The van der Waals surface area contributed by atoms with Gasteiger partial charge in [-0.15, -0.1) is 0 Å². The molecule has 0 atom stereocenters. The first-order chi connectivity index (χ1) is 12.4. The van der Waals surface area contributed by atoms with Crippen molar-refractivity contribution < 1.29 is 9.90 Å². The van der Waals surface area contributed by atoms with E-state index in [4.69, 9.17) is 11.6 Å². The fourth-order valence-electron chi connectivity index (χ4n) is 2.91. The molecule has 4 nitrogen and oxygen atoms in total. The Kier molecular flexibility index (Phi) is 5.30. The first-order valence-corrected chi connectivity index (χ1v) is 9.26. The summed E-state index contributed by atoms with van der Waals surface area (Å²) in [5, 5.41) is 14.3. The molecule has 0 fully saturated rings. The number of carboxylic acid groups (broad SMARTS) is 1. The number of nitrogens with zero attached hydrogens (tertiary/aromatic N) is 1. The highest BCUT2D eigenvalue weighted by Gasteiger charge is 2.19. The van der Waals surface area contributed by atoms with Crippen molar-refractivity contribution in [1.82, 2.24) is 4.57 Å². The summed E-state index contributed by atoms with van der Waals surface area (Å²) in [4.78, 5) is 13.4. The maximum Gasteiger partial charge on any atom is 0.323 e. The van der Waals surface area contributed by atoms with E-state index in [0.29, 0.717) is 5.02 Å². The number of hydrogen-bond acceptors (Lipinski definition) is 3. The highest BCUT2D eigenvalue weighted by Crippen LogP contribution is 2.42. The van der Waals surface area contributed by atoms with Crippen LogP contribution in [0.4, 0.5) is 5.69 Å². The number of rotatable bonds is 6. The Bertz CT molecular complexity index is 993. The molecule has 0 amide bonds. The van der Waals surface area contributed by atoms with E-state index in [1.807, 2.05) is 60.9 Å². The second-order valence-corrected chi connectivity index (χ2v) is 7.58. The van der Waals surface area contributed by atoms with Gasteiger partial charge in [0.1, 0.15) is 6.54 Å². The molecule has 0 aliphatic rings. The van der Waals surface area contributed by atoms with Crippen LogP contribution in [0.3, 0.4) is 0 Å². The molecule has 0 aliphatic heterocycles. The van der Waals surface area contributed by atoms with Crippen LogP contribution in [-0.2, 0) is 11.3 Å². The van der Waals surface area contributed by atoms with Gasteiger partial charge in [0.25, 0.3) is 0 Å². The second-order valence-electron chi connectivity index (χ2n) is 6.06. The number of allylic oxidation sites excluding steroid dienone is 1. The number of nitrogens with one attached hydrogen (secondary N) is 1. The molecule has 26 heavy (non-hydrogen) atoms. The van der Waals surface area contributed by atoms with Crippen molar-refractivity contribution in [2.75, 3.05) is 5.32 Å². The Morgan fingerprint density at radius 1 is 1.27 bits per heavy atom. The lowest BCUT2D eigenvalue weighted by Gasteiger charge is -2.09. The van der Waals surface area contributed by atoms with Crippen LogP contribution in [0.2, 0.25) is 5.02 Å². The molecule has 2 N–H and O–H groups in total. The van der Waals surface area contributed by atoms with Gasteiger partial charge in [-0.2, -0.15) is 0 Å². The Morgan fingerprint density at radius 2 is 1.96 bits per heavy atom. The van der Waals surface area contributed by atoms with Crippen LogP contribution in [0.15, 0.2) is 64.5 Å². The van der Waals surface area contributed by atoms with E-state index in [1.54, 1.807) is 11.8 Å². The van der Waals surface area contributed by atoms with Crippen LogP contribution in [0.25, 0.3) is 10.9 Å². The zero-order valence-corrected chi connectivity index (χ0v) is 16.1. The van der Waals surface area contributed by atoms with E-state index in [9.17, 15) is 9.90 Å². The predicted octanol–water partition coefficient (Wildman–Crippen LogP) is 5.78. The minimum Gasteiger partial charge on any atom is -0.480 e. The lowest BCUT2D eigenvalue weighted by molar-refractivity contribution is -0.137. The van der Waals surface area contributed by atoms with E-state index in [-0.39, 0.29) is 6.54 Å². The standard InChI is InChI=1S/C20H19ClN2O2S/c1-12(2)22-16-5-4-6-17-19(16)20(13(3)23(17)11-18(24)25)26-15-9-7-14(21)8-10-15/h4-10,22H,1,11H2,2-3H3,(H,24,25). The zero-order chi connectivity index (χ0) is 18.8. The molecule has 0 unspecified atom stereocenters. The summed E-state index contributed by atoms with van der Waals surface area (Å²) in [7, 11) is 0. The van der Waals surface area contributed by atoms with Gasteiger partial charge in [0.05, 0.1) is 5.52 Å². The topological polar surface area (TPSA) is 54.3 Å². The van der Waals surface area contributed by atoms with Crippen LogP contribution >= 0.6 is 23.4 Å². The molecule has 0 radical (unpaired) electrons. The Hall–Kier alpha value is -2.37. The van der Waals surface area contributed by atoms with Crippen LogP contribution in [0.5, 0.6) is 0 Å². The minimum atomic E-state index is -0.869. The van der Waals surface area contributed by atoms with E-state index >= 15 is 0 Å². The van der Waals surface area contributed by atoms with Crippen molar-refractivity contribution in [2.45, 2.75) is 30.2 Å². The maximum atomic E-state index is 11.4. The monoisotopic (exact) mass is 386 g/mol. The molecule has 0 spiro atoms. The molecule has 134 valence electrons. The third-order valence-corrected chi connectivity index (χ3v) is 5.43. The third kappa shape index (κ3) is 3.74. The van der Waals surface area contributed by atoms with Crippen LogP contribution in [-0.4, -0.2) is 15.6 Å². The molecule has 0 saturated heterocycles. The molecule has 3 rings (SSSR count). The van der Waals surface area contributed by atoms with Crippen molar-refractivity contribution in [2.24, 2.45) is 0 Å². The van der Waals surface area contributed by atoms with Crippen LogP contribution in [0.1, 0.15) is 12.6 Å². The summed E-state index contributed by atoms with van der Waals surface area (Å²) in [5.74, 6) is -0.869. The van der Waals surface area contributed by atoms with E-state index in [0.717, 1.165) is 37.8 Å². The van der Waals surface area contributed by atoms with Gasteiger partial charge >= 0.3 is 5.97 Å². The zero-order valence-electron chi connectivity index (χ0n) is 14.5. The Labute approximate surface area is 161 Å². The summed E-state index contributed by atoms with van der Waals surface area (Å²) in [5.41, 5.74) is 3.54. The fraction of sp³-hybridized carbons (Fsp3) is 0.150. The number of aliphatic carboxylic acids is 1. The van der Waals surface area contributed by atoms with Crippen molar-refractivity contribution in [3.05, 3.63) is 65.5 Å². The Morgan fingerprint density at radius 3 is 2.58 bits per heavy atom. The van der Waals surface area contributed by atoms with Crippen LogP contribution in [0, 0.1) is 6.92 Å². The van der Waals surface area contributed by atoms with Crippen molar-refractivity contribution in [1.29, 1.82) is 0 Å². The largest absolute Gasteiger partial charge is 0.480 e. The molecule has 1 aromatic heterocycles. The van der Waals surface area contributed by atoms with Gasteiger partial charge in [-0.3, -0.25) is 4.79 Å². The Balaban J connectivity index is 2.21. The number of hydrogen-bond donors (Lipinski definition) is 2. The van der Waals surface area contributed by atoms with E-state index in [1.165, 1.54) is 0 Å². The smallest absolute Gasteiger partial charge is 0.323 e. The normalized spacial score (nSPS) is 10.9. The molecule has 0 bridgehead atoms. The summed E-state index contributed by atoms with van der Waals surface area (Å²) < 4.78 is 1.83. The molecule has 0 aliphatic carbocycles. The summed E-state index contributed by atoms with van der Waals surface area (Å²) in [6, 6.07) is 13.5. The quantitative estimate of drug-likeness (QED) is 0.563. The van der Waals surface area contributed by atoms with Crippen molar-refractivity contribution in [3.8, 4) is 0 Å². The van der Waals surface area contributed by atoms with Crippen LogP contribution < -0.4 is 5.32 Å². The number of anilines is 1. The first-order valence-electron chi connectivity index (χ1n) is 8.06. The molecular weight excluding hydrogens is 368 g/mol. The van der Waals surface area contributed by atoms with Gasteiger partial charge in [0, 0.05) is 37.3 Å². The van der Waals surface area contributed by atoms with E-state index < -0.39 is 5.97 Å². The van der Waals surface area contributed by atoms with Crippen molar-refractivity contribution in [3.63, 3.8) is 0 Å². The number of benzene rings is 2. The molecule has 2 aromatic carbocycles. The minimum absolute atomic E-state index is 0.0833. The number of carbonyl (C=O) groups is 1. The molecule has 6 heteroatoms. The van der Waals surface area contributed by atoms with Gasteiger partial charge in [-0.1, -0.05) is 36.0 Å². The number of fused-ring (bicyclic) bond motifs is 1. The average molecular weight is 387 g/mol. The fourth-order valence-corrected chi connectivity index (χ4v) is 4.11. The van der Waals surface area contributed by atoms with Gasteiger partial charge < -0.3 is 15.0 Å². The molecule has 1 heterocycles. The molecular formula is C20H19ClN2O2S. The second kappa shape index (κ2) is 7.48. The average Bonchev–Trinajstić information content (AvgIpc) is 2.82. The van der Waals surface area contributed by atoms with Gasteiger partial charge in [-0.25, -0.2) is 0 Å². The molecule has 3 aromatic rings. The summed E-state index contributed by atoms with van der Waals surface area (Å²) in [6.07, 6.45) is 0. The number of aromatic nitrogens is 1.